The lowest BCUT2D eigenvalue weighted by Gasteiger charge is -2.29. The van der Waals surface area contributed by atoms with Crippen LogP contribution in [0.4, 0.5) is 11.4 Å². The number of carbonyl (C=O) groups excluding carboxylic acids is 1. The lowest BCUT2D eigenvalue weighted by molar-refractivity contribution is -0.119. The van der Waals surface area contributed by atoms with Gasteiger partial charge in [0, 0.05) is 70.4 Å². The van der Waals surface area contributed by atoms with Gasteiger partial charge in [-0.05, 0) is 60.9 Å². The first-order valence-corrected chi connectivity index (χ1v) is 12.7. The number of imidazole rings is 1. The highest BCUT2D eigenvalue weighted by Gasteiger charge is 2.25. The van der Waals surface area contributed by atoms with E-state index in [4.69, 9.17) is 9.72 Å². The molecule has 0 bridgehead atoms. The second-order valence-electron chi connectivity index (χ2n) is 9.54. The van der Waals surface area contributed by atoms with Crippen LogP contribution in [0.1, 0.15) is 30.1 Å². The number of methoxy groups -OCH3 is 1. The van der Waals surface area contributed by atoms with Crippen LogP contribution in [-0.4, -0.2) is 62.0 Å². The molecule has 1 unspecified atom stereocenters. The Morgan fingerprint density at radius 2 is 1.92 bits per heavy atom. The first-order valence-electron chi connectivity index (χ1n) is 12.7. The summed E-state index contributed by atoms with van der Waals surface area (Å²) in [5.74, 6) is 1.30. The van der Waals surface area contributed by atoms with Gasteiger partial charge in [0.05, 0.1) is 17.8 Å². The summed E-state index contributed by atoms with van der Waals surface area (Å²) in [7, 11) is 7.70. The number of benzene rings is 2. The SMILES string of the molecule is CNc1ccc(N(C)C)cc1.COCc1cccc(-c2nc(C3CCCN(C=O)C3)n3ccccc23)c1. The van der Waals surface area contributed by atoms with Crippen LogP contribution in [0.25, 0.3) is 16.8 Å². The van der Waals surface area contributed by atoms with Crippen LogP contribution in [-0.2, 0) is 16.1 Å². The largest absolute Gasteiger partial charge is 0.388 e. The van der Waals surface area contributed by atoms with E-state index in [1.54, 1.807) is 7.11 Å². The highest BCUT2D eigenvalue weighted by molar-refractivity contribution is 5.78. The molecule has 0 saturated carbocycles. The maximum atomic E-state index is 11.2. The summed E-state index contributed by atoms with van der Waals surface area (Å²) in [4.78, 5) is 20.2. The van der Waals surface area contributed by atoms with E-state index in [2.05, 4.69) is 69.3 Å². The van der Waals surface area contributed by atoms with Crippen molar-refractivity contribution in [2.24, 2.45) is 0 Å². The second kappa shape index (κ2) is 12.4. The Morgan fingerprint density at radius 1 is 1.11 bits per heavy atom. The van der Waals surface area contributed by atoms with Crippen molar-refractivity contribution in [3.63, 3.8) is 0 Å². The third-order valence-corrected chi connectivity index (χ3v) is 6.73. The molecule has 2 aromatic carbocycles. The van der Waals surface area contributed by atoms with E-state index in [1.807, 2.05) is 44.2 Å². The summed E-state index contributed by atoms with van der Waals surface area (Å²) in [5.41, 5.74) is 6.69. The van der Waals surface area contributed by atoms with Crippen molar-refractivity contribution in [1.29, 1.82) is 0 Å². The molecule has 7 nitrogen and oxygen atoms in total. The molecule has 1 N–H and O–H groups in total. The van der Waals surface area contributed by atoms with E-state index in [0.717, 1.165) is 66.2 Å². The summed E-state index contributed by atoms with van der Waals surface area (Å²) < 4.78 is 7.44. The molecule has 1 aliphatic heterocycles. The van der Waals surface area contributed by atoms with Gasteiger partial charge in [0.1, 0.15) is 5.82 Å². The van der Waals surface area contributed by atoms with Crippen LogP contribution in [0.3, 0.4) is 0 Å². The summed E-state index contributed by atoms with van der Waals surface area (Å²) >= 11 is 0. The van der Waals surface area contributed by atoms with Gasteiger partial charge in [0.25, 0.3) is 0 Å². The lowest BCUT2D eigenvalue weighted by Crippen LogP contribution is -2.33. The van der Waals surface area contributed by atoms with Crippen LogP contribution in [0.5, 0.6) is 0 Å². The molecule has 1 fully saturated rings. The van der Waals surface area contributed by atoms with Gasteiger partial charge in [-0.2, -0.15) is 0 Å². The Labute approximate surface area is 219 Å². The van der Waals surface area contributed by atoms with Crippen LogP contribution in [0.15, 0.2) is 72.9 Å². The molecular weight excluding hydrogens is 462 g/mol. The number of piperidine rings is 1. The highest BCUT2D eigenvalue weighted by Crippen LogP contribution is 2.32. The monoisotopic (exact) mass is 499 g/mol. The molecule has 0 aliphatic carbocycles. The average Bonchev–Trinajstić information content (AvgIpc) is 3.34. The summed E-state index contributed by atoms with van der Waals surface area (Å²) in [6.07, 6.45) is 5.10. The van der Waals surface area contributed by atoms with Crippen LogP contribution < -0.4 is 10.2 Å². The Hall–Kier alpha value is -3.84. The van der Waals surface area contributed by atoms with E-state index in [-0.39, 0.29) is 5.92 Å². The summed E-state index contributed by atoms with van der Waals surface area (Å²) in [5, 5.41) is 3.07. The maximum Gasteiger partial charge on any atom is 0.209 e. The molecule has 1 aliphatic rings. The number of nitrogens with zero attached hydrogens (tertiary/aromatic N) is 4. The zero-order chi connectivity index (χ0) is 26.2. The van der Waals surface area contributed by atoms with E-state index >= 15 is 0 Å². The van der Waals surface area contributed by atoms with Crippen molar-refractivity contribution in [2.45, 2.75) is 25.4 Å². The number of aromatic nitrogens is 2. The summed E-state index contributed by atoms with van der Waals surface area (Å²) in [6, 6.07) is 22.8. The molecule has 0 radical (unpaired) electrons. The normalized spacial score (nSPS) is 15.1. The zero-order valence-corrected chi connectivity index (χ0v) is 22.2. The molecule has 4 aromatic rings. The molecule has 1 atom stereocenters. The van der Waals surface area contributed by atoms with Gasteiger partial charge in [-0.1, -0.05) is 24.3 Å². The van der Waals surface area contributed by atoms with E-state index in [1.165, 1.54) is 5.69 Å². The first-order chi connectivity index (χ1) is 18.0. The third-order valence-electron chi connectivity index (χ3n) is 6.73. The van der Waals surface area contributed by atoms with Crippen molar-refractivity contribution in [2.75, 3.05) is 51.6 Å². The predicted molar refractivity (Wildman–Crippen MR) is 151 cm³/mol. The standard InChI is InChI=1S/C21H23N3O2.C9H14N2/c1-26-14-16-6-4-7-17(12-16)20-19-9-2-3-11-24(19)21(22-20)18-8-5-10-23(13-18)15-25;1-10-8-4-6-9(7-5-8)11(2)3/h2-4,6-7,9,11-12,15,18H,5,8,10,13-14H2,1H3;4-7,10H,1-3H3. The van der Waals surface area contributed by atoms with Gasteiger partial charge in [-0.25, -0.2) is 4.98 Å². The number of amides is 1. The number of likely N-dealkylation sites (tertiary alicyclic amines) is 1. The van der Waals surface area contributed by atoms with E-state index in [9.17, 15) is 4.79 Å². The van der Waals surface area contributed by atoms with Gasteiger partial charge in [0.15, 0.2) is 0 Å². The number of fused-ring (bicyclic) bond motifs is 1. The molecule has 7 heteroatoms. The molecule has 2 aromatic heterocycles. The average molecular weight is 500 g/mol. The van der Waals surface area contributed by atoms with Crippen molar-refractivity contribution in [3.8, 4) is 11.3 Å². The van der Waals surface area contributed by atoms with Gasteiger partial charge in [-0.15, -0.1) is 0 Å². The van der Waals surface area contributed by atoms with Crippen molar-refractivity contribution >= 4 is 23.3 Å². The van der Waals surface area contributed by atoms with Gasteiger partial charge in [0.2, 0.25) is 6.41 Å². The second-order valence-corrected chi connectivity index (χ2v) is 9.54. The van der Waals surface area contributed by atoms with Crippen molar-refractivity contribution < 1.29 is 9.53 Å². The Bertz CT molecular complexity index is 1300. The molecule has 0 spiro atoms. The van der Waals surface area contributed by atoms with Crippen molar-refractivity contribution in [3.05, 3.63) is 84.3 Å². The van der Waals surface area contributed by atoms with Gasteiger partial charge >= 0.3 is 0 Å². The Morgan fingerprint density at radius 3 is 2.62 bits per heavy atom. The number of rotatable bonds is 7. The highest BCUT2D eigenvalue weighted by atomic mass is 16.5. The summed E-state index contributed by atoms with van der Waals surface area (Å²) in [6.45, 7) is 2.17. The predicted octanol–water partition coefficient (Wildman–Crippen LogP) is 5.28. The molecule has 1 amide bonds. The molecule has 37 heavy (non-hydrogen) atoms. The number of nitrogens with one attached hydrogen (secondary N) is 1. The zero-order valence-electron chi connectivity index (χ0n) is 22.2. The Balaban J connectivity index is 0.000000245. The fraction of sp³-hybridized carbons (Fsp3) is 0.333. The molecule has 194 valence electrons. The minimum Gasteiger partial charge on any atom is -0.388 e. The fourth-order valence-corrected chi connectivity index (χ4v) is 4.78. The maximum absolute atomic E-state index is 11.2. The van der Waals surface area contributed by atoms with Crippen LogP contribution in [0.2, 0.25) is 0 Å². The van der Waals surface area contributed by atoms with Crippen molar-refractivity contribution in [1.82, 2.24) is 14.3 Å². The number of anilines is 2. The first kappa shape index (κ1) is 26.2. The molecule has 3 heterocycles. The topological polar surface area (TPSA) is 62.1 Å². The minimum atomic E-state index is 0.264. The smallest absolute Gasteiger partial charge is 0.209 e. The quantitative estimate of drug-likeness (QED) is 0.351. The number of hydrogen-bond acceptors (Lipinski definition) is 5. The lowest BCUT2D eigenvalue weighted by atomic mass is 9.97. The molecular formula is C30H37N5O2. The number of ether oxygens (including phenoxy) is 1. The molecule has 1 saturated heterocycles. The number of hydrogen-bond donors (Lipinski definition) is 1. The number of carbonyl (C=O) groups is 1. The minimum absolute atomic E-state index is 0.264. The van der Waals surface area contributed by atoms with Gasteiger partial charge < -0.3 is 24.3 Å². The Kier molecular flexibility index (Phi) is 8.80. The third kappa shape index (κ3) is 6.30. The van der Waals surface area contributed by atoms with Gasteiger partial charge in [-0.3, -0.25) is 4.79 Å². The van der Waals surface area contributed by atoms with Crippen LogP contribution in [0, 0.1) is 0 Å². The van der Waals surface area contributed by atoms with E-state index < -0.39 is 0 Å². The fourth-order valence-electron chi connectivity index (χ4n) is 4.78. The van der Waals surface area contributed by atoms with Crippen LogP contribution >= 0.6 is 0 Å². The van der Waals surface area contributed by atoms with E-state index in [0.29, 0.717) is 6.61 Å². The number of pyridine rings is 1. The molecule has 5 rings (SSSR count).